The van der Waals surface area contributed by atoms with Crippen molar-refractivity contribution in [1.82, 2.24) is 9.55 Å². The van der Waals surface area contributed by atoms with Crippen LogP contribution in [0.2, 0.25) is 4.82 Å². The SMILES string of the molecule is CCOP(COC1OC(n2ccc(=O)[nH]c2=O)CC1[Se]c1ccccc1)OCC. The molecule has 158 valence electrons. The van der Waals surface area contributed by atoms with Crippen molar-refractivity contribution in [1.29, 1.82) is 0 Å². The molecule has 0 radical (unpaired) electrons. The molecule has 3 atom stereocenters. The Labute approximate surface area is 176 Å². The number of nitrogens with zero attached hydrogens (tertiary/aromatic N) is 1. The monoisotopic (exact) mass is 488 g/mol. The Kier molecular flexibility index (Phi) is 8.63. The molecule has 29 heavy (non-hydrogen) atoms. The molecule has 0 saturated carbocycles. The Morgan fingerprint density at radius 2 is 1.90 bits per heavy atom. The van der Waals surface area contributed by atoms with Crippen LogP contribution in [0.3, 0.4) is 0 Å². The molecule has 10 heteroatoms. The number of hydrogen-bond acceptors (Lipinski definition) is 6. The van der Waals surface area contributed by atoms with Gasteiger partial charge in [0.2, 0.25) is 0 Å². The van der Waals surface area contributed by atoms with E-state index in [0.717, 1.165) is 0 Å². The fourth-order valence-electron chi connectivity index (χ4n) is 2.90. The van der Waals surface area contributed by atoms with E-state index in [4.69, 9.17) is 18.5 Å². The Hall–Kier alpha value is -1.31. The van der Waals surface area contributed by atoms with Crippen molar-refractivity contribution in [2.24, 2.45) is 0 Å². The first kappa shape index (κ1) is 22.4. The van der Waals surface area contributed by atoms with Crippen molar-refractivity contribution in [3.05, 3.63) is 63.4 Å². The topological polar surface area (TPSA) is 91.8 Å². The number of aromatic amines is 1. The quantitative estimate of drug-likeness (QED) is 0.407. The summed E-state index contributed by atoms with van der Waals surface area (Å²) in [4.78, 5) is 25.9. The van der Waals surface area contributed by atoms with Crippen LogP contribution in [0, 0.1) is 0 Å². The Morgan fingerprint density at radius 1 is 1.17 bits per heavy atom. The normalized spacial score (nSPS) is 21.7. The van der Waals surface area contributed by atoms with E-state index in [2.05, 4.69) is 17.1 Å². The van der Waals surface area contributed by atoms with Crippen molar-refractivity contribution in [3.8, 4) is 0 Å². The van der Waals surface area contributed by atoms with E-state index in [1.54, 1.807) is 0 Å². The summed E-state index contributed by atoms with van der Waals surface area (Å²) in [5.74, 6) is 0. The Morgan fingerprint density at radius 3 is 2.55 bits per heavy atom. The molecular formula is C19H25N2O6PSe. The van der Waals surface area contributed by atoms with Gasteiger partial charge in [0.25, 0.3) is 0 Å². The van der Waals surface area contributed by atoms with Crippen molar-refractivity contribution in [3.63, 3.8) is 0 Å². The molecule has 0 spiro atoms. The predicted molar refractivity (Wildman–Crippen MR) is 112 cm³/mol. The molecule has 1 N–H and O–H groups in total. The number of rotatable bonds is 10. The molecule has 2 heterocycles. The zero-order valence-corrected chi connectivity index (χ0v) is 19.0. The second kappa shape index (κ2) is 11.2. The van der Waals surface area contributed by atoms with E-state index in [-0.39, 0.29) is 19.8 Å². The van der Waals surface area contributed by atoms with Crippen LogP contribution in [-0.4, -0.2) is 50.4 Å². The van der Waals surface area contributed by atoms with Gasteiger partial charge >= 0.3 is 176 Å². The van der Waals surface area contributed by atoms with E-state index in [1.165, 1.54) is 21.3 Å². The van der Waals surface area contributed by atoms with E-state index >= 15 is 0 Å². The summed E-state index contributed by atoms with van der Waals surface area (Å²) in [5, 5.41) is 0. The van der Waals surface area contributed by atoms with E-state index < -0.39 is 32.1 Å². The standard InChI is InChI=1S/C19H25N2O6PSe/c1-3-25-28(26-4-2)13-24-18-15(29-14-8-6-5-7-9-14)12-17(27-18)21-11-10-16(22)20-19(21)23/h5-11,15,17-18H,3-4,12-13H2,1-2H3,(H,20,22,23). The van der Waals surface area contributed by atoms with Crippen molar-refractivity contribution >= 4 is 27.8 Å². The Balaban J connectivity index is 1.74. The minimum atomic E-state index is -1.15. The van der Waals surface area contributed by atoms with Gasteiger partial charge in [-0.2, -0.15) is 0 Å². The molecule has 2 aromatic rings. The van der Waals surface area contributed by atoms with Crippen molar-refractivity contribution in [2.75, 3.05) is 19.6 Å². The van der Waals surface area contributed by atoms with Gasteiger partial charge in [-0.15, -0.1) is 0 Å². The predicted octanol–water partition coefficient (Wildman–Crippen LogP) is 1.96. The molecule has 0 aliphatic carbocycles. The van der Waals surface area contributed by atoms with Gasteiger partial charge in [0.1, 0.15) is 0 Å². The zero-order valence-electron chi connectivity index (χ0n) is 16.4. The van der Waals surface area contributed by atoms with Crippen molar-refractivity contribution in [2.45, 2.75) is 37.6 Å². The fourth-order valence-corrected chi connectivity index (χ4v) is 6.44. The number of nitrogens with one attached hydrogen (secondary N) is 1. The third-order valence-electron chi connectivity index (χ3n) is 4.11. The molecule has 3 unspecified atom stereocenters. The molecular weight excluding hydrogens is 462 g/mol. The number of benzene rings is 1. The second-order valence-corrected chi connectivity index (χ2v) is 10.3. The van der Waals surface area contributed by atoms with Gasteiger partial charge in [-0.1, -0.05) is 0 Å². The summed E-state index contributed by atoms with van der Waals surface area (Å²) in [6.07, 6.45) is 1.41. The fraction of sp³-hybridized carbons (Fsp3) is 0.474. The van der Waals surface area contributed by atoms with Crippen LogP contribution in [0.1, 0.15) is 26.5 Å². The van der Waals surface area contributed by atoms with Gasteiger partial charge < -0.3 is 0 Å². The summed E-state index contributed by atoms with van der Waals surface area (Å²) in [5.41, 5.74) is -0.916. The van der Waals surface area contributed by atoms with E-state index in [0.29, 0.717) is 26.0 Å². The summed E-state index contributed by atoms with van der Waals surface area (Å²) in [6.45, 7) is 4.93. The van der Waals surface area contributed by atoms with Crippen LogP contribution in [0.5, 0.6) is 0 Å². The third-order valence-corrected chi connectivity index (χ3v) is 8.21. The zero-order chi connectivity index (χ0) is 20.6. The first-order valence-corrected chi connectivity index (χ1v) is 12.6. The maximum atomic E-state index is 12.2. The summed E-state index contributed by atoms with van der Waals surface area (Å²) >= 11 is 0.0897. The first-order chi connectivity index (χ1) is 14.1. The van der Waals surface area contributed by atoms with Crippen LogP contribution in [0.4, 0.5) is 0 Å². The average molecular weight is 487 g/mol. The van der Waals surface area contributed by atoms with Crippen molar-refractivity contribution < 1.29 is 18.5 Å². The maximum absolute atomic E-state index is 12.2. The van der Waals surface area contributed by atoms with Gasteiger partial charge in [-0.05, 0) is 0 Å². The van der Waals surface area contributed by atoms with Gasteiger partial charge in [0, 0.05) is 0 Å². The third kappa shape index (κ3) is 6.33. The molecule has 8 nitrogen and oxygen atoms in total. The molecule has 1 aliphatic rings. The Bertz CT molecular complexity index is 871. The second-order valence-electron chi connectivity index (χ2n) is 6.15. The molecule has 1 fully saturated rings. The minimum absolute atomic E-state index is 0.0897. The molecule has 0 amide bonds. The van der Waals surface area contributed by atoms with Crippen LogP contribution in [-0.2, 0) is 18.5 Å². The number of hydrogen-bond donors (Lipinski definition) is 1. The van der Waals surface area contributed by atoms with Crippen LogP contribution >= 0.6 is 8.38 Å². The molecule has 1 aromatic carbocycles. The molecule has 0 bridgehead atoms. The van der Waals surface area contributed by atoms with Gasteiger partial charge in [-0.25, -0.2) is 0 Å². The molecule has 3 rings (SSSR count). The molecule has 1 aromatic heterocycles. The van der Waals surface area contributed by atoms with E-state index in [9.17, 15) is 9.59 Å². The van der Waals surface area contributed by atoms with Crippen LogP contribution in [0.15, 0.2) is 52.2 Å². The van der Waals surface area contributed by atoms with E-state index in [1.807, 2.05) is 32.0 Å². The van der Waals surface area contributed by atoms with Crippen LogP contribution < -0.4 is 15.7 Å². The number of ether oxygens (including phenoxy) is 2. The molecule has 1 aliphatic heterocycles. The van der Waals surface area contributed by atoms with Gasteiger partial charge in [0.15, 0.2) is 0 Å². The van der Waals surface area contributed by atoms with Crippen LogP contribution in [0.25, 0.3) is 0 Å². The summed E-state index contributed by atoms with van der Waals surface area (Å²) < 4.78 is 26.0. The summed E-state index contributed by atoms with van der Waals surface area (Å²) in [6, 6.07) is 11.5. The summed E-state index contributed by atoms with van der Waals surface area (Å²) in [7, 11) is -1.15. The van der Waals surface area contributed by atoms with Gasteiger partial charge in [0.05, 0.1) is 0 Å². The number of H-pyrrole nitrogens is 1. The number of aromatic nitrogens is 2. The molecule has 1 saturated heterocycles. The van der Waals surface area contributed by atoms with Gasteiger partial charge in [-0.3, -0.25) is 0 Å². The first-order valence-electron chi connectivity index (χ1n) is 9.44. The average Bonchev–Trinajstić information content (AvgIpc) is 3.09.